The van der Waals surface area contributed by atoms with E-state index in [1.54, 1.807) is 25.3 Å². The Kier molecular flexibility index (Phi) is 4.76. The van der Waals surface area contributed by atoms with Crippen LogP contribution in [0.25, 0.3) is 0 Å². The van der Waals surface area contributed by atoms with Crippen LogP contribution in [0.5, 0.6) is 17.2 Å². The number of halogens is 1. The first-order chi connectivity index (χ1) is 12.1. The van der Waals surface area contributed by atoms with Crippen molar-refractivity contribution in [2.75, 3.05) is 30.6 Å². The number of anilines is 2. The monoisotopic (exact) mass is 364 g/mol. The number of benzene rings is 2. The van der Waals surface area contributed by atoms with Gasteiger partial charge in [-0.05, 0) is 24.3 Å². The first-order valence-corrected chi connectivity index (χ1v) is 7.82. The third kappa shape index (κ3) is 3.10. The van der Waals surface area contributed by atoms with Gasteiger partial charge in [0.1, 0.15) is 24.2 Å². The second-order valence-electron chi connectivity index (χ2n) is 5.28. The van der Waals surface area contributed by atoms with Gasteiger partial charge in [0.15, 0.2) is 11.5 Å². The molecule has 0 spiro atoms. The molecule has 3 rings (SSSR count). The topological polar surface area (TPSA) is 80.3 Å². The van der Waals surface area contributed by atoms with E-state index in [-0.39, 0.29) is 12.2 Å². The van der Waals surface area contributed by atoms with E-state index in [1.165, 1.54) is 17.6 Å². The molecule has 1 unspecified atom stereocenters. The molecule has 0 saturated heterocycles. The molecule has 0 amide bonds. The molecule has 0 bridgehead atoms. The molecule has 1 atom stereocenters. The zero-order chi connectivity index (χ0) is 18.0. The van der Waals surface area contributed by atoms with Gasteiger partial charge in [-0.15, -0.1) is 0 Å². The summed E-state index contributed by atoms with van der Waals surface area (Å²) >= 11 is 6.40. The fraction of sp³-hybridized carbons (Fsp3) is 0.235. The van der Waals surface area contributed by atoms with Crippen molar-refractivity contribution in [2.45, 2.75) is 6.17 Å². The molecule has 25 heavy (non-hydrogen) atoms. The van der Waals surface area contributed by atoms with Crippen LogP contribution in [0.15, 0.2) is 36.4 Å². The lowest BCUT2D eigenvalue weighted by atomic mass is 10.1. The van der Waals surface area contributed by atoms with Crippen molar-refractivity contribution in [1.82, 2.24) is 0 Å². The van der Waals surface area contributed by atoms with Gasteiger partial charge in [-0.2, -0.15) is 0 Å². The fourth-order valence-electron chi connectivity index (χ4n) is 2.67. The van der Waals surface area contributed by atoms with Crippen LogP contribution in [0.2, 0.25) is 0 Å². The van der Waals surface area contributed by atoms with Crippen LogP contribution in [0.3, 0.4) is 0 Å². The number of hydrogen-bond acceptors (Lipinski definition) is 6. The average Bonchev–Trinajstić information content (AvgIpc) is 2.96. The summed E-state index contributed by atoms with van der Waals surface area (Å²) in [5.41, 5.74) is 0.981. The summed E-state index contributed by atoms with van der Waals surface area (Å²) in [5, 5.41) is 12.5. The number of carboxylic acids is 1. The largest absolute Gasteiger partial charge is 0.494 e. The van der Waals surface area contributed by atoms with Crippen molar-refractivity contribution in [2.24, 2.45) is 0 Å². The Hall–Kier alpha value is -2.80. The van der Waals surface area contributed by atoms with Crippen LogP contribution in [0.1, 0.15) is 10.4 Å². The summed E-state index contributed by atoms with van der Waals surface area (Å²) in [6.45, 7) is 0.167. The molecule has 0 radical (unpaired) electrons. The molecule has 2 aromatic rings. The van der Waals surface area contributed by atoms with Crippen molar-refractivity contribution in [3.63, 3.8) is 0 Å². The Bertz CT molecular complexity index is 799. The number of nitrogens with one attached hydrogen (secondary N) is 1. The lowest BCUT2D eigenvalue weighted by molar-refractivity contribution is 0.0698. The highest BCUT2D eigenvalue weighted by Crippen LogP contribution is 2.45. The Morgan fingerprint density at radius 1 is 1.16 bits per heavy atom. The summed E-state index contributed by atoms with van der Waals surface area (Å²) < 4.78 is 17.7. The van der Waals surface area contributed by atoms with Gasteiger partial charge in [-0.1, -0.05) is 12.1 Å². The second kappa shape index (κ2) is 6.98. The third-order valence-corrected chi connectivity index (χ3v) is 4.26. The van der Waals surface area contributed by atoms with Crippen molar-refractivity contribution in [3.05, 3.63) is 42.0 Å². The number of para-hydroxylation sites is 2. The van der Waals surface area contributed by atoms with Crippen LogP contribution >= 0.6 is 11.8 Å². The lowest BCUT2D eigenvalue weighted by Gasteiger charge is -2.20. The maximum atomic E-state index is 11.4. The minimum absolute atomic E-state index is 0.112. The Balaban J connectivity index is 1.84. The maximum absolute atomic E-state index is 11.4. The van der Waals surface area contributed by atoms with Crippen LogP contribution in [-0.2, 0) is 0 Å². The minimum Gasteiger partial charge on any atom is -0.494 e. The molecule has 0 fully saturated rings. The predicted octanol–water partition coefficient (Wildman–Crippen LogP) is 3.19. The van der Waals surface area contributed by atoms with E-state index < -0.39 is 12.1 Å². The minimum atomic E-state index is -1.05. The van der Waals surface area contributed by atoms with Crippen LogP contribution in [-0.4, -0.2) is 38.1 Å². The first kappa shape index (κ1) is 17.0. The molecule has 1 heterocycles. The van der Waals surface area contributed by atoms with E-state index in [0.29, 0.717) is 28.6 Å². The highest BCUT2D eigenvalue weighted by molar-refractivity contribution is 6.29. The van der Waals surface area contributed by atoms with Crippen molar-refractivity contribution >= 4 is 29.1 Å². The number of rotatable bonds is 6. The van der Waals surface area contributed by atoms with Gasteiger partial charge in [0, 0.05) is 11.8 Å². The molecule has 0 saturated carbocycles. The average molecular weight is 365 g/mol. The van der Waals surface area contributed by atoms with Gasteiger partial charge in [-0.25, -0.2) is 4.79 Å². The highest BCUT2D eigenvalue weighted by Gasteiger charge is 2.35. The van der Waals surface area contributed by atoms with E-state index in [2.05, 4.69) is 5.32 Å². The Labute approximate surface area is 149 Å². The van der Waals surface area contributed by atoms with Gasteiger partial charge in [0.25, 0.3) is 0 Å². The predicted molar refractivity (Wildman–Crippen MR) is 94.2 cm³/mol. The SMILES string of the molecule is COc1ccccc1OCC1Nc2c(C(=O)O)ccc(OC)c2N1Cl. The normalized spacial score (nSPS) is 15.3. The molecule has 8 heteroatoms. The van der Waals surface area contributed by atoms with E-state index in [4.69, 9.17) is 26.0 Å². The zero-order valence-corrected chi connectivity index (χ0v) is 14.4. The Morgan fingerprint density at radius 2 is 1.84 bits per heavy atom. The van der Waals surface area contributed by atoms with Crippen molar-refractivity contribution < 1.29 is 24.1 Å². The molecule has 2 aromatic carbocycles. The highest BCUT2D eigenvalue weighted by atomic mass is 35.5. The van der Waals surface area contributed by atoms with Crippen LogP contribution < -0.4 is 23.9 Å². The molecule has 1 aliphatic heterocycles. The first-order valence-electron chi connectivity index (χ1n) is 7.48. The van der Waals surface area contributed by atoms with Gasteiger partial charge < -0.3 is 24.6 Å². The summed E-state index contributed by atoms with van der Waals surface area (Å²) in [5.74, 6) is 0.589. The molecule has 132 valence electrons. The third-order valence-electron chi connectivity index (χ3n) is 3.86. The number of carboxylic acid groups (broad SMARTS) is 1. The number of methoxy groups -OCH3 is 2. The molecular formula is C17H17ClN2O5. The molecular weight excluding hydrogens is 348 g/mol. The summed E-state index contributed by atoms with van der Waals surface area (Å²) in [6.07, 6.45) is -0.476. The summed E-state index contributed by atoms with van der Waals surface area (Å²) in [6, 6.07) is 10.3. The molecule has 1 aliphatic rings. The van der Waals surface area contributed by atoms with E-state index >= 15 is 0 Å². The van der Waals surface area contributed by atoms with Crippen molar-refractivity contribution in [1.29, 1.82) is 0 Å². The number of nitrogens with zero attached hydrogens (tertiary/aromatic N) is 1. The Morgan fingerprint density at radius 3 is 2.48 bits per heavy atom. The summed E-state index contributed by atoms with van der Waals surface area (Å²) in [4.78, 5) is 11.4. The standard InChI is InChI=1S/C17H17ClN2O5/c1-23-11-5-3-4-6-12(11)25-9-14-19-15-10(17(21)22)7-8-13(24-2)16(15)20(14)18/h3-8,14,19H,9H2,1-2H3,(H,21,22). The molecule has 2 N–H and O–H groups in total. The van der Waals surface area contributed by atoms with Crippen LogP contribution in [0.4, 0.5) is 11.4 Å². The quantitative estimate of drug-likeness (QED) is 0.762. The van der Waals surface area contributed by atoms with E-state index in [1.807, 2.05) is 12.1 Å². The van der Waals surface area contributed by atoms with Gasteiger partial charge in [0.2, 0.25) is 0 Å². The number of ether oxygens (including phenoxy) is 3. The molecule has 0 aliphatic carbocycles. The lowest BCUT2D eigenvalue weighted by Crippen LogP contribution is -2.34. The number of aromatic carboxylic acids is 1. The van der Waals surface area contributed by atoms with Gasteiger partial charge in [-0.3, -0.25) is 4.42 Å². The molecule has 7 nitrogen and oxygen atoms in total. The number of carbonyl (C=O) groups is 1. The summed E-state index contributed by atoms with van der Waals surface area (Å²) in [7, 11) is 3.06. The number of hydrogen-bond donors (Lipinski definition) is 2. The van der Waals surface area contributed by atoms with Crippen molar-refractivity contribution in [3.8, 4) is 17.2 Å². The second-order valence-corrected chi connectivity index (χ2v) is 5.64. The maximum Gasteiger partial charge on any atom is 0.337 e. The van der Waals surface area contributed by atoms with E-state index in [9.17, 15) is 9.90 Å². The smallest absolute Gasteiger partial charge is 0.337 e. The number of fused-ring (bicyclic) bond motifs is 1. The van der Waals surface area contributed by atoms with Crippen LogP contribution in [0, 0.1) is 0 Å². The van der Waals surface area contributed by atoms with Gasteiger partial charge >= 0.3 is 5.97 Å². The molecule has 0 aromatic heterocycles. The van der Waals surface area contributed by atoms with E-state index in [0.717, 1.165) is 0 Å². The van der Waals surface area contributed by atoms with Gasteiger partial charge in [0.05, 0.1) is 25.5 Å². The fourth-order valence-corrected chi connectivity index (χ4v) is 2.94. The zero-order valence-electron chi connectivity index (χ0n) is 13.7.